The van der Waals surface area contributed by atoms with Crippen LogP contribution in [0, 0.1) is 12.3 Å². The predicted molar refractivity (Wildman–Crippen MR) is 61.2 cm³/mol. The van der Waals surface area contributed by atoms with E-state index >= 15 is 0 Å². The van der Waals surface area contributed by atoms with Crippen molar-refractivity contribution >= 4 is 0 Å². The monoisotopic (exact) mass is 194 g/mol. The van der Waals surface area contributed by atoms with E-state index in [-0.39, 0.29) is 0 Å². The molecule has 0 aromatic carbocycles. The van der Waals surface area contributed by atoms with Crippen molar-refractivity contribution < 1.29 is 0 Å². The maximum atomic E-state index is 5.27. The minimum absolute atomic E-state index is 0.454. The van der Waals surface area contributed by atoms with Crippen LogP contribution in [0.2, 0.25) is 0 Å². The lowest BCUT2D eigenvalue weighted by Crippen LogP contribution is -2.45. The molecule has 1 N–H and O–H groups in total. The first-order valence-electron chi connectivity index (χ1n) is 5.61. The van der Waals surface area contributed by atoms with Crippen LogP contribution in [-0.2, 0) is 0 Å². The zero-order chi connectivity index (χ0) is 10.4. The molecule has 2 atom stereocenters. The quantitative estimate of drug-likeness (QED) is 0.682. The Balaban J connectivity index is 2.19. The first-order valence-corrected chi connectivity index (χ1v) is 5.61. The summed E-state index contributed by atoms with van der Waals surface area (Å²) < 4.78 is 0. The molecule has 1 aliphatic rings. The van der Waals surface area contributed by atoms with Gasteiger partial charge in [0.1, 0.15) is 0 Å². The smallest absolute Gasteiger partial charge is 0.0238 e. The second kappa shape index (κ2) is 6.06. The van der Waals surface area contributed by atoms with Crippen LogP contribution in [0.3, 0.4) is 0 Å². The van der Waals surface area contributed by atoms with Gasteiger partial charge in [0, 0.05) is 25.0 Å². The lowest BCUT2D eigenvalue weighted by molar-refractivity contribution is 0.178. The third-order valence-corrected chi connectivity index (χ3v) is 3.05. The Morgan fingerprint density at radius 1 is 1.57 bits per heavy atom. The molecule has 0 radical (unpaired) electrons. The number of nitrogens with one attached hydrogen (secondary N) is 1. The zero-order valence-electron chi connectivity index (χ0n) is 9.42. The Kier molecular flexibility index (Phi) is 5.00. The molecule has 1 heterocycles. The van der Waals surface area contributed by atoms with Crippen molar-refractivity contribution in [1.29, 1.82) is 0 Å². The van der Waals surface area contributed by atoms with Gasteiger partial charge in [-0.25, -0.2) is 0 Å². The largest absolute Gasteiger partial charge is 0.312 e. The van der Waals surface area contributed by atoms with Crippen molar-refractivity contribution in [3.8, 4) is 12.3 Å². The molecule has 0 aromatic rings. The predicted octanol–water partition coefficient (Wildman–Crippen LogP) is 1.47. The summed E-state index contributed by atoms with van der Waals surface area (Å²) in [6.45, 7) is 4.48. The third kappa shape index (κ3) is 3.69. The van der Waals surface area contributed by atoms with Crippen LogP contribution < -0.4 is 5.32 Å². The van der Waals surface area contributed by atoms with Crippen molar-refractivity contribution in [2.45, 2.75) is 44.7 Å². The minimum Gasteiger partial charge on any atom is -0.312 e. The van der Waals surface area contributed by atoms with E-state index in [1.807, 2.05) is 0 Å². The highest BCUT2D eigenvalue weighted by Crippen LogP contribution is 2.14. The molecular formula is C12H22N2. The highest BCUT2D eigenvalue weighted by atomic mass is 15.2. The number of likely N-dealkylation sites (tertiary alicyclic amines) is 1. The highest BCUT2D eigenvalue weighted by molar-refractivity contribution is 4.88. The van der Waals surface area contributed by atoms with Crippen molar-refractivity contribution in [2.24, 2.45) is 0 Å². The van der Waals surface area contributed by atoms with Crippen LogP contribution in [0.4, 0.5) is 0 Å². The number of nitrogens with zero attached hydrogens (tertiary/aromatic N) is 1. The van der Waals surface area contributed by atoms with Gasteiger partial charge in [-0.15, -0.1) is 12.3 Å². The second-order valence-corrected chi connectivity index (χ2v) is 4.35. The Morgan fingerprint density at radius 3 is 3.00 bits per heavy atom. The summed E-state index contributed by atoms with van der Waals surface area (Å²) in [6.07, 6.45) is 10.1. The molecular weight excluding hydrogens is 172 g/mol. The van der Waals surface area contributed by atoms with Gasteiger partial charge in [0.2, 0.25) is 0 Å². The Bertz CT molecular complexity index is 195. The van der Waals surface area contributed by atoms with Gasteiger partial charge in [0.25, 0.3) is 0 Å². The van der Waals surface area contributed by atoms with E-state index in [1.54, 1.807) is 0 Å². The lowest BCUT2D eigenvalue weighted by atomic mass is 10.0. The Hall–Kier alpha value is -0.520. The zero-order valence-corrected chi connectivity index (χ0v) is 9.42. The first kappa shape index (κ1) is 11.6. The molecule has 2 heteroatoms. The van der Waals surface area contributed by atoms with Crippen molar-refractivity contribution in [3.05, 3.63) is 0 Å². The van der Waals surface area contributed by atoms with Gasteiger partial charge in [-0.3, -0.25) is 0 Å². The van der Waals surface area contributed by atoms with Crippen LogP contribution in [0.5, 0.6) is 0 Å². The molecule has 2 nitrogen and oxygen atoms in total. The molecule has 0 spiro atoms. The van der Waals surface area contributed by atoms with E-state index < -0.39 is 0 Å². The molecule has 1 aliphatic heterocycles. The van der Waals surface area contributed by atoms with Crippen molar-refractivity contribution in [2.75, 3.05) is 20.1 Å². The van der Waals surface area contributed by atoms with Crippen molar-refractivity contribution in [1.82, 2.24) is 10.2 Å². The van der Waals surface area contributed by atoms with Crippen LogP contribution in [0.25, 0.3) is 0 Å². The molecule has 80 valence electrons. The topological polar surface area (TPSA) is 15.3 Å². The van der Waals surface area contributed by atoms with Gasteiger partial charge < -0.3 is 10.2 Å². The normalized spacial score (nSPS) is 25.6. The number of terminal acetylenes is 1. The van der Waals surface area contributed by atoms with E-state index in [0.29, 0.717) is 12.1 Å². The molecule has 1 fully saturated rings. The number of likely N-dealkylation sites (N-methyl/N-ethyl adjacent to an activating group) is 1. The second-order valence-electron chi connectivity index (χ2n) is 4.35. The number of piperidine rings is 1. The summed E-state index contributed by atoms with van der Waals surface area (Å²) >= 11 is 0. The molecule has 0 aliphatic carbocycles. The van der Waals surface area contributed by atoms with E-state index in [9.17, 15) is 0 Å². The minimum atomic E-state index is 0.454. The van der Waals surface area contributed by atoms with E-state index in [1.165, 1.54) is 25.8 Å². The van der Waals surface area contributed by atoms with E-state index in [2.05, 4.69) is 30.1 Å². The number of hydrogen-bond acceptors (Lipinski definition) is 2. The molecule has 2 unspecified atom stereocenters. The fourth-order valence-electron chi connectivity index (χ4n) is 1.99. The van der Waals surface area contributed by atoms with Gasteiger partial charge in [0.15, 0.2) is 0 Å². The van der Waals surface area contributed by atoms with Crippen LogP contribution in [-0.4, -0.2) is 37.1 Å². The van der Waals surface area contributed by atoms with Crippen molar-refractivity contribution in [3.63, 3.8) is 0 Å². The molecule has 0 bridgehead atoms. The summed E-state index contributed by atoms with van der Waals surface area (Å²) in [5, 5.41) is 3.50. The molecule has 1 rings (SSSR count). The maximum absolute atomic E-state index is 5.27. The molecule has 0 saturated carbocycles. The average molecular weight is 194 g/mol. The highest BCUT2D eigenvalue weighted by Gasteiger charge is 2.18. The van der Waals surface area contributed by atoms with Gasteiger partial charge in [0.05, 0.1) is 0 Å². The third-order valence-electron chi connectivity index (χ3n) is 3.05. The SMILES string of the molecule is C#CCC(C)NCC1CCCCN1C. The summed E-state index contributed by atoms with van der Waals surface area (Å²) in [5.74, 6) is 2.69. The van der Waals surface area contributed by atoms with Gasteiger partial charge in [-0.1, -0.05) is 6.42 Å². The summed E-state index contributed by atoms with van der Waals surface area (Å²) in [4.78, 5) is 2.46. The van der Waals surface area contributed by atoms with Gasteiger partial charge in [-0.2, -0.15) is 0 Å². The van der Waals surface area contributed by atoms with Gasteiger partial charge >= 0.3 is 0 Å². The summed E-state index contributed by atoms with van der Waals surface area (Å²) in [7, 11) is 2.22. The summed E-state index contributed by atoms with van der Waals surface area (Å²) in [6, 6.07) is 1.17. The van der Waals surface area contributed by atoms with Crippen LogP contribution in [0.15, 0.2) is 0 Å². The van der Waals surface area contributed by atoms with E-state index in [4.69, 9.17) is 6.42 Å². The summed E-state index contributed by atoms with van der Waals surface area (Å²) in [5.41, 5.74) is 0. The lowest BCUT2D eigenvalue weighted by Gasteiger charge is -2.33. The fourth-order valence-corrected chi connectivity index (χ4v) is 1.99. The van der Waals surface area contributed by atoms with Crippen LogP contribution >= 0.6 is 0 Å². The maximum Gasteiger partial charge on any atom is 0.0238 e. The van der Waals surface area contributed by atoms with Gasteiger partial charge in [-0.05, 0) is 33.4 Å². The average Bonchev–Trinajstić information content (AvgIpc) is 2.17. The number of rotatable bonds is 4. The molecule has 0 amide bonds. The van der Waals surface area contributed by atoms with Crippen LogP contribution in [0.1, 0.15) is 32.6 Å². The Morgan fingerprint density at radius 2 is 2.36 bits per heavy atom. The standard InChI is InChI=1S/C12H22N2/c1-4-7-11(2)13-10-12-8-5-6-9-14(12)3/h1,11-13H,5-10H2,2-3H3. The molecule has 0 aromatic heterocycles. The Labute approximate surface area is 88.1 Å². The van der Waals surface area contributed by atoms with E-state index in [0.717, 1.165) is 13.0 Å². The number of hydrogen-bond donors (Lipinski definition) is 1. The molecule has 14 heavy (non-hydrogen) atoms. The molecule has 1 saturated heterocycles. The first-order chi connectivity index (χ1) is 6.74. The fraction of sp³-hybridized carbons (Fsp3) is 0.833.